The molecule has 0 saturated heterocycles. The van der Waals surface area contributed by atoms with Gasteiger partial charge in [-0.3, -0.25) is 4.79 Å². The fourth-order valence-corrected chi connectivity index (χ4v) is 3.06. The molecule has 0 fully saturated rings. The van der Waals surface area contributed by atoms with Crippen LogP contribution in [-0.4, -0.2) is 12.5 Å². The number of hydrogen-bond donors (Lipinski definition) is 1. The molecule has 0 aromatic heterocycles. The topological polar surface area (TPSA) is 29.1 Å². The number of carbonyl (C=O) groups excluding carboxylic acids is 1. The number of benzene rings is 2. The van der Waals surface area contributed by atoms with E-state index in [1.165, 1.54) is 29.3 Å². The van der Waals surface area contributed by atoms with Crippen molar-refractivity contribution in [2.75, 3.05) is 6.54 Å². The van der Waals surface area contributed by atoms with Crippen LogP contribution in [0.4, 0.5) is 4.39 Å². The molecule has 0 saturated carbocycles. The van der Waals surface area contributed by atoms with Crippen molar-refractivity contribution in [3.05, 3.63) is 69.4 Å². The molecule has 0 aliphatic heterocycles. The Kier molecular flexibility index (Phi) is 3.57. The van der Waals surface area contributed by atoms with E-state index in [0.717, 1.165) is 6.42 Å². The predicted octanol–water partition coefficient (Wildman–Crippen LogP) is 3.66. The lowest BCUT2D eigenvalue weighted by Gasteiger charge is -2.30. The fourth-order valence-electron chi connectivity index (χ4n) is 2.53. The molecule has 3 rings (SSSR count). The van der Waals surface area contributed by atoms with Crippen molar-refractivity contribution in [1.29, 1.82) is 0 Å². The normalized spacial score (nSPS) is 16.2. The molecule has 1 N–H and O–H groups in total. The maximum absolute atomic E-state index is 13.0. The third kappa shape index (κ3) is 2.48. The molecular weight excluding hydrogens is 321 g/mol. The minimum atomic E-state index is -0.360. The van der Waals surface area contributed by atoms with Gasteiger partial charge in [0.25, 0.3) is 5.91 Å². The van der Waals surface area contributed by atoms with Gasteiger partial charge >= 0.3 is 0 Å². The van der Waals surface area contributed by atoms with Gasteiger partial charge in [0.15, 0.2) is 0 Å². The van der Waals surface area contributed by atoms with Crippen molar-refractivity contribution >= 4 is 21.8 Å². The average Bonchev–Trinajstić information content (AvgIpc) is 2.39. The Morgan fingerprint density at radius 3 is 2.85 bits per heavy atom. The van der Waals surface area contributed by atoms with Crippen LogP contribution in [0.5, 0.6) is 0 Å². The zero-order valence-electron chi connectivity index (χ0n) is 10.7. The van der Waals surface area contributed by atoms with E-state index in [0.29, 0.717) is 22.5 Å². The van der Waals surface area contributed by atoms with E-state index in [1.54, 1.807) is 0 Å². The van der Waals surface area contributed by atoms with Crippen molar-refractivity contribution in [2.45, 2.75) is 12.3 Å². The SMILES string of the molecule is O=C(NCC1Cc2ccccc21)c1ccc(F)cc1Br. The van der Waals surface area contributed by atoms with Gasteiger partial charge in [0.05, 0.1) is 5.56 Å². The van der Waals surface area contributed by atoms with Crippen LogP contribution < -0.4 is 5.32 Å². The van der Waals surface area contributed by atoms with E-state index in [4.69, 9.17) is 0 Å². The molecule has 4 heteroatoms. The summed E-state index contributed by atoms with van der Waals surface area (Å²) >= 11 is 3.21. The molecule has 1 aliphatic rings. The minimum Gasteiger partial charge on any atom is -0.351 e. The summed E-state index contributed by atoms with van der Waals surface area (Å²) in [5.41, 5.74) is 3.12. The molecule has 2 aromatic carbocycles. The molecule has 1 unspecified atom stereocenters. The summed E-state index contributed by atoms with van der Waals surface area (Å²) in [5.74, 6) is -0.156. The van der Waals surface area contributed by atoms with Crippen LogP contribution in [0, 0.1) is 5.82 Å². The second kappa shape index (κ2) is 5.37. The molecule has 0 heterocycles. The first kappa shape index (κ1) is 13.3. The highest BCUT2D eigenvalue weighted by Crippen LogP contribution is 2.34. The van der Waals surface area contributed by atoms with Gasteiger partial charge in [0, 0.05) is 16.9 Å². The van der Waals surface area contributed by atoms with Gasteiger partial charge in [-0.25, -0.2) is 4.39 Å². The van der Waals surface area contributed by atoms with Gasteiger partial charge in [-0.15, -0.1) is 0 Å². The Morgan fingerprint density at radius 1 is 1.30 bits per heavy atom. The maximum atomic E-state index is 13.0. The second-order valence-electron chi connectivity index (χ2n) is 4.93. The Bertz CT molecular complexity index is 671. The summed E-state index contributed by atoms with van der Waals surface area (Å²) in [5, 5.41) is 2.91. The number of nitrogens with one attached hydrogen (secondary N) is 1. The number of hydrogen-bond acceptors (Lipinski definition) is 1. The molecule has 0 radical (unpaired) electrons. The van der Waals surface area contributed by atoms with E-state index in [2.05, 4.69) is 33.4 Å². The highest BCUT2D eigenvalue weighted by Gasteiger charge is 2.25. The molecule has 1 aliphatic carbocycles. The monoisotopic (exact) mass is 333 g/mol. The smallest absolute Gasteiger partial charge is 0.252 e. The minimum absolute atomic E-state index is 0.179. The van der Waals surface area contributed by atoms with Crippen LogP contribution >= 0.6 is 15.9 Å². The third-order valence-corrected chi connectivity index (χ3v) is 4.30. The van der Waals surface area contributed by atoms with E-state index in [1.807, 2.05) is 12.1 Å². The van der Waals surface area contributed by atoms with E-state index in [-0.39, 0.29) is 11.7 Å². The lowest BCUT2D eigenvalue weighted by Crippen LogP contribution is -2.33. The zero-order chi connectivity index (χ0) is 14.1. The highest BCUT2D eigenvalue weighted by atomic mass is 79.9. The van der Waals surface area contributed by atoms with E-state index >= 15 is 0 Å². The number of halogens is 2. The van der Waals surface area contributed by atoms with Crippen molar-refractivity contribution in [3.8, 4) is 0 Å². The van der Waals surface area contributed by atoms with Gasteiger partial charge in [-0.1, -0.05) is 24.3 Å². The largest absolute Gasteiger partial charge is 0.351 e. The summed E-state index contributed by atoms with van der Waals surface area (Å²) in [6.07, 6.45) is 1.00. The molecule has 0 spiro atoms. The van der Waals surface area contributed by atoms with Gasteiger partial charge in [-0.05, 0) is 51.7 Å². The first-order valence-electron chi connectivity index (χ1n) is 6.46. The van der Waals surface area contributed by atoms with Crippen LogP contribution in [0.25, 0.3) is 0 Å². The quantitative estimate of drug-likeness (QED) is 0.912. The van der Waals surface area contributed by atoms with E-state index in [9.17, 15) is 9.18 Å². The summed E-state index contributed by atoms with van der Waals surface area (Å²) in [6, 6.07) is 12.3. The molecular formula is C16H13BrFNO. The van der Waals surface area contributed by atoms with Gasteiger partial charge in [0.1, 0.15) is 5.82 Å². The summed E-state index contributed by atoms with van der Waals surface area (Å²) in [4.78, 5) is 12.1. The number of fused-ring (bicyclic) bond motifs is 1. The number of carbonyl (C=O) groups is 1. The van der Waals surface area contributed by atoms with Crippen LogP contribution in [0.2, 0.25) is 0 Å². The molecule has 1 amide bonds. The lowest BCUT2D eigenvalue weighted by atomic mass is 9.77. The molecule has 0 bridgehead atoms. The number of rotatable bonds is 3. The maximum Gasteiger partial charge on any atom is 0.252 e. The van der Waals surface area contributed by atoms with Crippen molar-refractivity contribution in [3.63, 3.8) is 0 Å². The number of amides is 1. The predicted molar refractivity (Wildman–Crippen MR) is 79.3 cm³/mol. The molecule has 2 nitrogen and oxygen atoms in total. The van der Waals surface area contributed by atoms with Crippen molar-refractivity contribution in [1.82, 2.24) is 5.32 Å². The third-order valence-electron chi connectivity index (χ3n) is 3.65. The second-order valence-corrected chi connectivity index (χ2v) is 5.79. The molecule has 2 aromatic rings. The summed E-state index contributed by atoms with van der Waals surface area (Å²) in [6.45, 7) is 0.611. The molecule has 20 heavy (non-hydrogen) atoms. The standard InChI is InChI=1S/C16H13BrFNO/c17-15-8-12(18)5-6-14(15)16(20)19-9-11-7-10-3-1-2-4-13(10)11/h1-6,8,11H,7,9H2,(H,19,20). The Labute approximate surface area is 125 Å². The molecule has 102 valence electrons. The fraction of sp³-hybridized carbons (Fsp3) is 0.188. The summed E-state index contributed by atoms with van der Waals surface area (Å²) < 4.78 is 13.5. The average molecular weight is 334 g/mol. The zero-order valence-corrected chi connectivity index (χ0v) is 12.3. The molecule has 1 atom stereocenters. The van der Waals surface area contributed by atoms with Crippen LogP contribution in [0.1, 0.15) is 27.4 Å². The summed E-state index contributed by atoms with van der Waals surface area (Å²) in [7, 11) is 0. The van der Waals surface area contributed by atoms with Crippen LogP contribution in [0.15, 0.2) is 46.9 Å². The Morgan fingerprint density at radius 2 is 2.10 bits per heavy atom. The lowest BCUT2D eigenvalue weighted by molar-refractivity contribution is 0.0949. The Balaban J connectivity index is 1.64. The Hall–Kier alpha value is -1.68. The van der Waals surface area contributed by atoms with Crippen molar-refractivity contribution in [2.24, 2.45) is 0 Å². The van der Waals surface area contributed by atoms with Crippen LogP contribution in [0.3, 0.4) is 0 Å². The van der Waals surface area contributed by atoms with Gasteiger partial charge in [0.2, 0.25) is 0 Å². The first-order valence-corrected chi connectivity index (χ1v) is 7.25. The van der Waals surface area contributed by atoms with Gasteiger partial charge in [-0.2, -0.15) is 0 Å². The highest BCUT2D eigenvalue weighted by molar-refractivity contribution is 9.10. The van der Waals surface area contributed by atoms with Crippen molar-refractivity contribution < 1.29 is 9.18 Å². The van der Waals surface area contributed by atoms with Crippen LogP contribution in [-0.2, 0) is 6.42 Å². The van der Waals surface area contributed by atoms with E-state index < -0.39 is 0 Å². The first-order chi connectivity index (χ1) is 9.65. The van der Waals surface area contributed by atoms with Gasteiger partial charge < -0.3 is 5.32 Å².